The number of ether oxygens (including phenoxy) is 2. The standard InChI is InChI=1S/C13H24N2O3/c1-3-12-11(4-6-18-12)13(16)15-5-7-17-10(9-15)8-14-2/h10-12,14H,3-9H2,1-2H3. The molecule has 2 rings (SSSR count). The fraction of sp³-hybridized carbons (Fsp3) is 0.923. The first kappa shape index (κ1) is 13.8. The summed E-state index contributed by atoms with van der Waals surface area (Å²) in [4.78, 5) is 14.4. The molecule has 2 fully saturated rings. The Labute approximate surface area is 109 Å². The molecule has 2 aliphatic heterocycles. The highest BCUT2D eigenvalue weighted by Crippen LogP contribution is 2.26. The average Bonchev–Trinajstić information content (AvgIpc) is 2.87. The number of likely N-dealkylation sites (N-methyl/N-ethyl adjacent to an activating group) is 1. The van der Waals surface area contributed by atoms with Crippen LogP contribution in [-0.2, 0) is 14.3 Å². The zero-order valence-electron chi connectivity index (χ0n) is 11.4. The van der Waals surface area contributed by atoms with Crippen LogP contribution in [0.15, 0.2) is 0 Å². The van der Waals surface area contributed by atoms with Crippen molar-refractivity contribution in [1.29, 1.82) is 0 Å². The minimum Gasteiger partial charge on any atom is -0.377 e. The van der Waals surface area contributed by atoms with Crippen LogP contribution in [0.4, 0.5) is 0 Å². The summed E-state index contributed by atoms with van der Waals surface area (Å²) in [6.45, 7) is 5.65. The van der Waals surface area contributed by atoms with E-state index in [0.717, 1.165) is 26.0 Å². The first-order valence-electron chi connectivity index (χ1n) is 6.92. The average molecular weight is 256 g/mol. The third kappa shape index (κ3) is 3.02. The van der Waals surface area contributed by atoms with E-state index in [9.17, 15) is 4.79 Å². The van der Waals surface area contributed by atoms with Crippen LogP contribution in [0, 0.1) is 5.92 Å². The second-order valence-corrected chi connectivity index (χ2v) is 5.05. The lowest BCUT2D eigenvalue weighted by atomic mass is 9.97. The second kappa shape index (κ2) is 6.50. The molecular weight excluding hydrogens is 232 g/mol. The minimum atomic E-state index is 0.0586. The maximum Gasteiger partial charge on any atom is 0.228 e. The summed E-state index contributed by atoms with van der Waals surface area (Å²) < 4.78 is 11.2. The van der Waals surface area contributed by atoms with Gasteiger partial charge in [-0.1, -0.05) is 6.92 Å². The maximum atomic E-state index is 12.5. The predicted octanol–water partition coefficient (Wildman–Crippen LogP) is 0.248. The number of rotatable bonds is 4. The lowest BCUT2D eigenvalue weighted by Crippen LogP contribution is -2.51. The molecule has 0 bridgehead atoms. The van der Waals surface area contributed by atoms with Gasteiger partial charge in [0.2, 0.25) is 5.91 Å². The van der Waals surface area contributed by atoms with Crippen LogP contribution in [0.2, 0.25) is 0 Å². The van der Waals surface area contributed by atoms with E-state index < -0.39 is 0 Å². The second-order valence-electron chi connectivity index (χ2n) is 5.05. The topological polar surface area (TPSA) is 50.8 Å². The van der Waals surface area contributed by atoms with Gasteiger partial charge in [0, 0.05) is 26.2 Å². The largest absolute Gasteiger partial charge is 0.377 e. The molecule has 3 unspecified atom stereocenters. The smallest absolute Gasteiger partial charge is 0.228 e. The number of carbonyl (C=O) groups is 1. The lowest BCUT2D eigenvalue weighted by molar-refractivity contribution is -0.144. The molecule has 0 aromatic heterocycles. The Kier molecular flexibility index (Phi) is 4.97. The van der Waals surface area contributed by atoms with E-state index in [-0.39, 0.29) is 24.0 Å². The summed E-state index contributed by atoms with van der Waals surface area (Å²) in [5.41, 5.74) is 0. The van der Waals surface area contributed by atoms with Gasteiger partial charge in [-0.05, 0) is 19.9 Å². The summed E-state index contributed by atoms with van der Waals surface area (Å²) in [6.07, 6.45) is 2.02. The Bertz CT molecular complexity index is 283. The Hall–Kier alpha value is -0.650. The molecule has 1 N–H and O–H groups in total. The van der Waals surface area contributed by atoms with Gasteiger partial charge in [0.15, 0.2) is 0 Å². The highest BCUT2D eigenvalue weighted by atomic mass is 16.5. The molecule has 2 heterocycles. The monoisotopic (exact) mass is 256 g/mol. The van der Waals surface area contributed by atoms with Crippen molar-refractivity contribution in [2.24, 2.45) is 5.92 Å². The zero-order valence-corrected chi connectivity index (χ0v) is 11.4. The molecule has 2 saturated heterocycles. The number of morpholine rings is 1. The molecule has 0 radical (unpaired) electrons. The van der Waals surface area contributed by atoms with E-state index in [1.807, 2.05) is 11.9 Å². The minimum absolute atomic E-state index is 0.0586. The number of nitrogens with zero attached hydrogens (tertiary/aromatic N) is 1. The molecule has 5 nitrogen and oxygen atoms in total. The predicted molar refractivity (Wildman–Crippen MR) is 68.4 cm³/mol. The van der Waals surface area contributed by atoms with Gasteiger partial charge >= 0.3 is 0 Å². The quantitative estimate of drug-likeness (QED) is 0.783. The van der Waals surface area contributed by atoms with Crippen molar-refractivity contribution in [2.45, 2.75) is 32.0 Å². The van der Waals surface area contributed by atoms with Crippen molar-refractivity contribution in [3.63, 3.8) is 0 Å². The van der Waals surface area contributed by atoms with E-state index >= 15 is 0 Å². The van der Waals surface area contributed by atoms with Crippen LogP contribution >= 0.6 is 0 Å². The van der Waals surface area contributed by atoms with Crippen LogP contribution in [0.3, 0.4) is 0 Å². The molecule has 104 valence electrons. The molecule has 0 spiro atoms. The fourth-order valence-corrected chi connectivity index (χ4v) is 2.84. The van der Waals surface area contributed by atoms with Gasteiger partial charge in [0.25, 0.3) is 0 Å². The number of carbonyl (C=O) groups excluding carboxylic acids is 1. The van der Waals surface area contributed by atoms with E-state index in [2.05, 4.69) is 12.2 Å². The summed E-state index contributed by atoms with van der Waals surface area (Å²) in [5.74, 6) is 0.312. The Morgan fingerprint density at radius 3 is 2.94 bits per heavy atom. The SMILES string of the molecule is CCC1OCCC1C(=O)N1CCOC(CNC)C1. The van der Waals surface area contributed by atoms with Crippen molar-refractivity contribution in [1.82, 2.24) is 10.2 Å². The van der Waals surface area contributed by atoms with Crippen LogP contribution in [0.1, 0.15) is 19.8 Å². The Balaban J connectivity index is 1.91. The molecule has 1 amide bonds. The highest BCUT2D eigenvalue weighted by molar-refractivity contribution is 5.79. The zero-order chi connectivity index (χ0) is 13.0. The van der Waals surface area contributed by atoms with Gasteiger partial charge in [-0.15, -0.1) is 0 Å². The van der Waals surface area contributed by atoms with E-state index in [1.54, 1.807) is 0 Å². The molecule has 2 aliphatic rings. The van der Waals surface area contributed by atoms with Gasteiger partial charge in [-0.2, -0.15) is 0 Å². The first-order valence-corrected chi connectivity index (χ1v) is 6.92. The van der Waals surface area contributed by atoms with Gasteiger partial charge in [0.1, 0.15) is 0 Å². The summed E-state index contributed by atoms with van der Waals surface area (Å²) in [5, 5.41) is 3.10. The normalized spacial score (nSPS) is 32.8. The third-order valence-electron chi connectivity index (χ3n) is 3.81. The van der Waals surface area contributed by atoms with Crippen molar-refractivity contribution in [3.8, 4) is 0 Å². The van der Waals surface area contributed by atoms with Gasteiger partial charge in [0.05, 0.1) is 24.7 Å². The van der Waals surface area contributed by atoms with Crippen LogP contribution < -0.4 is 5.32 Å². The van der Waals surface area contributed by atoms with Crippen LogP contribution in [0.5, 0.6) is 0 Å². The molecule has 18 heavy (non-hydrogen) atoms. The van der Waals surface area contributed by atoms with Gasteiger partial charge in [-0.3, -0.25) is 4.79 Å². The van der Waals surface area contributed by atoms with E-state index in [0.29, 0.717) is 19.7 Å². The molecule has 3 atom stereocenters. The molecule has 0 aromatic carbocycles. The third-order valence-corrected chi connectivity index (χ3v) is 3.81. The molecule has 5 heteroatoms. The van der Waals surface area contributed by atoms with Crippen molar-refractivity contribution in [2.75, 3.05) is 39.9 Å². The lowest BCUT2D eigenvalue weighted by Gasteiger charge is -2.35. The number of amides is 1. The Morgan fingerprint density at radius 2 is 2.22 bits per heavy atom. The number of nitrogens with one attached hydrogen (secondary N) is 1. The van der Waals surface area contributed by atoms with Crippen LogP contribution in [-0.4, -0.2) is 62.9 Å². The first-order chi connectivity index (χ1) is 8.76. The summed E-state index contributed by atoms with van der Waals surface area (Å²) in [6, 6.07) is 0. The molecule has 0 aliphatic carbocycles. The van der Waals surface area contributed by atoms with Gasteiger partial charge in [-0.25, -0.2) is 0 Å². The molecule has 0 saturated carbocycles. The van der Waals surface area contributed by atoms with E-state index in [4.69, 9.17) is 9.47 Å². The van der Waals surface area contributed by atoms with Gasteiger partial charge < -0.3 is 19.7 Å². The van der Waals surface area contributed by atoms with Crippen molar-refractivity contribution < 1.29 is 14.3 Å². The van der Waals surface area contributed by atoms with Crippen LogP contribution in [0.25, 0.3) is 0 Å². The Morgan fingerprint density at radius 1 is 1.39 bits per heavy atom. The molecule has 0 aromatic rings. The van der Waals surface area contributed by atoms with Crippen molar-refractivity contribution in [3.05, 3.63) is 0 Å². The summed E-state index contributed by atoms with van der Waals surface area (Å²) >= 11 is 0. The number of hydrogen-bond acceptors (Lipinski definition) is 4. The maximum absolute atomic E-state index is 12.5. The van der Waals surface area contributed by atoms with Crippen molar-refractivity contribution >= 4 is 5.91 Å². The summed E-state index contributed by atoms with van der Waals surface area (Å²) in [7, 11) is 1.90. The van der Waals surface area contributed by atoms with E-state index in [1.165, 1.54) is 0 Å². The number of hydrogen-bond donors (Lipinski definition) is 1. The highest BCUT2D eigenvalue weighted by Gasteiger charge is 2.37. The molecular formula is C13H24N2O3. The fourth-order valence-electron chi connectivity index (χ4n) is 2.84.